The van der Waals surface area contributed by atoms with Crippen molar-refractivity contribution in [2.24, 2.45) is 0 Å². The zero-order chi connectivity index (χ0) is 14.7. The Labute approximate surface area is 126 Å². The molecule has 0 aromatic rings. The van der Waals surface area contributed by atoms with Crippen LogP contribution in [-0.4, -0.2) is 23.3 Å². The van der Waals surface area contributed by atoms with E-state index in [0.29, 0.717) is 6.04 Å². The minimum absolute atomic E-state index is 0.496. The maximum absolute atomic E-state index is 10.4. The minimum Gasteiger partial charge on any atom is -0.389 e. The summed E-state index contributed by atoms with van der Waals surface area (Å²) < 4.78 is 0. The molecular formula is C18H37NO. The second-order valence-electron chi connectivity index (χ2n) is 6.77. The van der Waals surface area contributed by atoms with Crippen molar-refractivity contribution in [2.45, 2.75) is 109 Å². The Morgan fingerprint density at radius 1 is 0.800 bits per heavy atom. The summed E-state index contributed by atoms with van der Waals surface area (Å²) in [6.07, 6.45) is 16.9. The maximum Gasteiger partial charge on any atom is 0.0766 e. The molecule has 0 saturated heterocycles. The lowest BCUT2D eigenvalue weighted by atomic mass is 9.94. The zero-order valence-electron chi connectivity index (χ0n) is 13.9. The fourth-order valence-corrected chi connectivity index (χ4v) is 3.20. The quantitative estimate of drug-likeness (QED) is 0.759. The Balaban J connectivity index is 2.34. The van der Waals surface area contributed by atoms with Gasteiger partial charge in [-0.3, -0.25) is 0 Å². The van der Waals surface area contributed by atoms with Crippen molar-refractivity contribution >= 4 is 0 Å². The predicted octanol–water partition coefficient (Wildman–Crippen LogP) is 4.80. The number of aliphatic hydroxyl groups is 1. The van der Waals surface area contributed by atoms with Gasteiger partial charge in [-0.2, -0.15) is 0 Å². The molecule has 1 saturated carbocycles. The standard InChI is InChI=1S/C18H37NO/c1-3-18(20,4-2)16-19-17-14-12-10-8-6-5-7-9-11-13-15-17/h17,19-20H,3-16H2,1-2H3. The van der Waals surface area contributed by atoms with Crippen molar-refractivity contribution in [1.82, 2.24) is 5.32 Å². The highest BCUT2D eigenvalue weighted by Crippen LogP contribution is 2.18. The largest absolute Gasteiger partial charge is 0.389 e. The normalized spacial score (nSPS) is 21.1. The van der Waals surface area contributed by atoms with Crippen LogP contribution in [0.2, 0.25) is 0 Å². The molecule has 0 aromatic carbocycles. The molecule has 0 aliphatic heterocycles. The molecule has 0 bridgehead atoms. The molecule has 2 nitrogen and oxygen atoms in total. The van der Waals surface area contributed by atoms with E-state index < -0.39 is 5.60 Å². The van der Waals surface area contributed by atoms with Gasteiger partial charge in [0.2, 0.25) is 0 Å². The van der Waals surface area contributed by atoms with E-state index in [0.717, 1.165) is 19.4 Å². The Kier molecular flexibility index (Phi) is 9.54. The number of nitrogens with one attached hydrogen (secondary N) is 1. The zero-order valence-corrected chi connectivity index (χ0v) is 13.9. The van der Waals surface area contributed by atoms with E-state index >= 15 is 0 Å². The number of rotatable bonds is 5. The van der Waals surface area contributed by atoms with E-state index in [1.165, 1.54) is 70.6 Å². The van der Waals surface area contributed by atoms with Crippen LogP contribution in [0.4, 0.5) is 0 Å². The van der Waals surface area contributed by atoms with Gasteiger partial charge in [0, 0.05) is 12.6 Å². The van der Waals surface area contributed by atoms with Crippen LogP contribution >= 0.6 is 0 Å². The van der Waals surface area contributed by atoms with Gasteiger partial charge in [-0.1, -0.05) is 71.6 Å². The molecule has 0 atom stereocenters. The summed E-state index contributed by atoms with van der Waals surface area (Å²) in [6, 6.07) is 0.624. The van der Waals surface area contributed by atoms with E-state index in [1.807, 2.05) is 0 Å². The van der Waals surface area contributed by atoms with Crippen LogP contribution in [-0.2, 0) is 0 Å². The van der Waals surface area contributed by atoms with Gasteiger partial charge in [-0.15, -0.1) is 0 Å². The third kappa shape index (κ3) is 7.64. The summed E-state index contributed by atoms with van der Waals surface area (Å²) in [5.41, 5.74) is -0.496. The smallest absolute Gasteiger partial charge is 0.0766 e. The van der Waals surface area contributed by atoms with Gasteiger partial charge in [0.15, 0.2) is 0 Å². The van der Waals surface area contributed by atoms with Crippen LogP contribution in [0, 0.1) is 0 Å². The molecular weight excluding hydrogens is 246 g/mol. The second-order valence-corrected chi connectivity index (χ2v) is 6.77. The Bertz CT molecular complexity index is 213. The molecule has 20 heavy (non-hydrogen) atoms. The van der Waals surface area contributed by atoms with Crippen molar-refractivity contribution in [1.29, 1.82) is 0 Å². The molecule has 1 aliphatic rings. The lowest BCUT2D eigenvalue weighted by molar-refractivity contribution is 0.0291. The molecule has 0 aromatic heterocycles. The molecule has 1 fully saturated rings. The van der Waals surface area contributed by atoms with E-state index in [9.17, 15) is 5.11 Å². The Hall–Kier alpha value is -0.0800. The van der Waals surface area contributed by atoms with E-state index in [4.69, 9.17) is 0 Å². The average molecular weight is 283 g/mol. The fourth-order valence-electron chi connectivity index (χ4n) is 3.20. The van der Waals surface area contributed by atoms with Gasteiger partial charge in [0.25, 0.3) is 0 Å². The summed E-state index contributed by atoms with van der Waals surface area (Å²) in [5.74, 6) is 0. The SMILES string of the molecule is CCC(O)(CC)CNC1CCCCCCCCCCC1. The Morgan fingerprint density at radius 2 is 1.20 bits per heavy atom. The topological polar surface area (TPSA) is 32.3 Å². The third-order valence-electron chi connectivity index (χ3n) is 5.14. The molecule has 1 rings (SSSR count). The van der Waals surface area contributed by atoms with E-state index in [1.54, 1.807) is 0 Å². The van der Waals surface area contributed by atoms with Crippen LogP contribution in [0.5, 0.6) is 0 Å². The van der Waals surface area contributed by atoms with Crippen LogP contribution < -0.4 is 5.32 Å². The molecule has 0 amide bonds. The second kappa shape index (κ2) is 10.6. The van der Waals surface area contributed by atoms with E-state index in [-0.39, 0.29) is 0 Å². The van der Waals surface area contributed by atoms with Crippen molar-refractivity contribution in [3.63, 3.8) is 0 Å². The van der Waals surface area contributed by atoms with Crippen molar-refractivity contribution in [2.75, 3.05) is 6.54 Å². The average Bonchev–Trinajstić information content (AvgIpc) is 2.46. The van der Waals surface area contributed by atoms with Gasteiger partial charge in [0.05, 0.1) is 5.60 Å². The van der Waals surface area contributed by atoms with Crippen molar-refractivity contribution in [3.8, 4) is 0 Å². The highest BCUT2D eigenvalue weighted by Gasteiger charge is 2.23. The summed E-state index contributed by atoms with van der Waals surface area (Å²) in [6.45, 7) is 4.95. The molecule has 0 unspecified atom stereocenters. The van der Waals surface area contributed by atoms with E-state index in [2.05, 4.69) is 19.2 Å². The molecule has 2 N–H and O–H groups in total. The third-order valence-corrected chi connectivity index (χ3v) is 5.14. The highest BCUT2D eigenvalue weighted by molar-refractivity contribution is 4.80. The lowest BCUT2D eigenvalue weighted by Gasteiger charge is -2.29. The summed E-state index contributed by atoms with van der Waals surface area (Å²) >= 11 is 0. The maximum atomic E-state index is 10.4. The number of hydrogen-bond acceptors (Lipinski definition) is 2. The molecule has 0 spiro atoms. The summed E-state index contributed by atoms with van der Waals surface area (Å²) in [7, 11) is 0. The first-order chi connectivity index (χ1) is 9.70. The van der Waals surface area contributed by atoms with Crippen molar-refractivity contribution in [3.05, 3.63) is 0 Å². The van der Waals surface area contributed by atoms with Crippen LogP contribution in [0.3, 0.4) is 0 Å². The van der Waals surface area contributed by atoms with Gasteiger partial charge in [-0.25, -0.2) is 0 Å². The lowest BCUT2D eigenvalue weighted by Crippen LogP contribution is -2.43. The molecule has 120 valence electrons. The van der Waals surface area contributed by atoms with Gasteiger partial charge < -0.3 is 10.4 Å². The first-order valence-corrected chi connectivity index (χ1v) is 9.16. The number of hydrogen-bond donors (Lipinski definition) is 2. The monoisotopic (exact) mass is 283 g/mol. The van der Waals surface area contributed by atoms with Gasteiger partial charge in [0.1, 0.15) is 0 Å². The molecule has 1 aliphatic carbocycles. The van der Waals surface area contributed by atoms with Crippen LogP contribution in [0.15, 0.2) is 0 Å². The summed E-state index contributed by atoms with van der Waals surface area (Å²) in [5, 5.41) is 14.1. The first-order valence-electron chi connectivity index (χ1n) is 9.16. The van der Waals surface area contributed by atoms with Gasteiger partial charge >= 0.3 is 0 Å². The summed E-state index contributed by atoms with van der Waals surface area (Å²) in [4.78, 5) is 0. The highest BCUT2D eigenvalue weighted by atomic mass is 16.3. The molecule has 0 heterocycles. The Morgan fingerprint density at radius 3 is 1.60 bits per heavy atom. The predicted molar refractivity (Wildman–Crippen MR) is 88.1 cm³/mol. The molecule has 0 radical (unpaired) electrons. The first kappa shape index (κ1) is 18.0. The van der Waals surface area contributed by atoms with Crippen molar-refractivity contribution < 1.29 is 5.11 Å². The van der Waals surface area contributed by atoms with Crippen LogP contribution in [0.25, 0.3) is 0 Å². The molecule has 2 heteroatoms. The van der Waals surface area contributed by atoms with Gasteiger partial charge in [-0.05, 0) is 25.7 Å². The minimum atomic E-state index is -0.496. The van der Waals surface area contributed by atoms with Crippen LogP contribution in [0.1, 0.15) is 97.3 Å². The fraction of sp³-hybridized carbons (Fsp3) is 1.00.